The third-order valence-electron chi connectivity index (χ3n) is 4.28. The second-order valence-electron chi connectivity index (χ2n) is 5.64. The number of hydrogen-bond acceptors (Lipinski definition) is 4. The second-order valence-corrected chi connectivity index (χ2v) is 5.64. The van der Waals surface area contributed by atoms with Crippen molar-refractivity contribution in [3.05, 3.63) is 24.4 Å². The lowest BCUT2D eigenvalue weighted by atomic mass is 10.0. The predicted molar refractivity (Wildman–Crippen MR) is 78.5 cm³/mol. The van der Waals surface area contributed by atoms with Crippen molar-refractivity contribution in [1.82, 2.24) is 15.6 Å². The fraction of sp³-hybridized carbons (Fsp3) is 0.667. The fourth-order valence-corrected chi connectivity index (χ4v) is 3.14. The largest absolute Gasteiger partial charge is 0.357 e. The SMILES string of the molecule is c1ccc(N2CCC(NC3CCNCC3)CC2)nc1. The quantitative estimate of drug-likeness (QED) is 0.862. The van der Waals surface area contributed by atoms with E-state index in [1.54, 1.807) is 0 Å². The van der Waals surface area contributed by atoms with Crippen molar-refractivity contribution in [2.75, 3.05) is 31.1 Å². The molecule has 0 saturated carbocycles. The van der Waals surface area contributed by atoms with Crippen LogP contribution in [0, 0.1) is 0 Å². The van der Waals surface area contributed by atoms with Gasteiger partial charge in [-0.25, -0.2) is 4.98 Å². The van der Waals surface area contributed by atoms with Gasteiger partial charge in [-0.1, -0.05) is 6.07 Å². The van der Waals surface area contributed by atoms with Gasteiger partial charge in [-0.15, -0.1) is 0 Å². The van der Waals surface area contributed by atoms with E-state index in [2.05, 4.69) is 32.7 Å². The van der Waals surface area contributed by atoms with E-state index in [-0.39, 0.29) is 0 Å². The summed E-state index contributed by atoms with van der Waals surface area (Å²) >= 11 is 0. The van der Waals surface area contributed by atoms with Crippen LogP contribution in [-0.4, -0.2) is 43.2 Å². The van der Waals surface area contributed by atoms with Crippen LogP contribution in [0.3, 0.4) is 0 Å². The molecule has 2 aliphatic rings. The molecule has 0 bridgehead atoms. The van der Waals surface area contributed by atoms with Gasteiger partial charge in [0.25, 0.3) is 0 Å². The van der Waals surface area contributed by atoms with E-state index >= 15 is 0 Å². The number of nitrogens with zero attached hydrogens (tertiary/aromatic N) is 2. The topological polar surface area (TPSA) is 40.2 Å². The Morgan fingerprint density at radius 2 is 1.79 bits per heavy atom. The summed E-state index contributed by atoms with van der Waals surface area (Å²) in [7, 11) is 0. The Balaban J connectivity index is 1.46. The maximum absolute atomic E-state index is 4.44. The van der Waals surface area contributed by atoms with Crippen LogP contribution in [0.25, 0.3) is 0 Å². The van der Waals surface area contributed by atoms with Crippen molar-refractivity contribution in [3.63, 3.8) is 0 Å². The first-order chi connectivity index (χ1) is 9.42. The summed E-state index contributed by atoms with van der Waals surface area (Å²) in [5.41, 5.74) is 0. The molecular formula is C15H24N4. The molecule has 0 unspecified atom stereocenters. The maximum Gasteiger partial charge on any atom is 0.128 e. The Bertz CT molecular complexity index is 367. The molecule has 3 heterocycles. The minimum Gasteiger partial charge on any atom is -0.357 e. The average Bonchev–Trinajstić information content (AvgIpc) is 2.50. The van der Waals surface area contributed by atoms with Gasteiger partial charge < -0.3 is 15.5 Å². The summed E-state index contributed by atoms with van der Waals surface area (Å²) < 4.78 is 0. The highest BCUT2D eigenvalue weighted by Gasteiger charge is 2.23. The van der Waals surface area contributed by atoms with Crippen LogP contribution in [-0.2, 0) is 0 Å². The van der Waals surface area contributed by atoms with E-state index in [9.17, 15) is 0 Å². The van der Waals surface area contributed by atoms with Crippen molar-refractivity contribution in [1.29, 1.82) is 0 Å². The summed E-state index contributed by atoms with van der Waals surface area (Å²) in [6.45, 7) is 4.59. The minimum atomic E-state index is 0.697. The number of hydrogen-bond donors (Lipinski definition) is 2. The molecule has 4 heteroatoms. The van der Waals surface area contributed by atoms with E-state index in [0.29, 0.717) is 6.04 Å². The second kappa shape index (κ2) is 6.35. The zero-order chi connectivity index (χ0) is 12.9. The Morgan fingerprint density at radius 1 is 1.05 bits per heavy atom. The highest BCUT2D eigenvalue weighted by atomic mass is 15.2. The monoisotopic (exact) mass is 260 g/mol. The van der Waals surface area contributed by atoms with Gasteiger partial charge in [0.1, 0.15) is 5.82 Å². The Kier molecular flexibility index (Phi) is 4.30. The average molecular weight is 260 g/mol. The van der Waals surface area contributed by atoms with Crippen molar-refractivity contribution < 1.29 is 0 Å². The van der Waals surface area contributed by atoms with Crippen LogP contribution in [0.2, 0.25) is 0 Å². The van der Waals surface area contributed by atoms with Crippen molar-refractivity contribution in [2.45, 2.75) is 37.8 Å². The first-order valence-electron chi connectivity index (χ1n) is 7.54. The molecule has 0 radical (unpaired) electrons. The third kappa shape index (κ3) is 3.45. The third-order valence-corrected chi connectivity index (χ3v) is 4.28. The highest BCUT2D eigenvalue weighted by Crippen LogP contribution is 2.18. The van der Waals surface area contributed by atoms with Crippen LogP contribution in [0.4, 0.5) is 5.82 Å². The standard InChI is InChI=1S/C15H24N4/c1-2-8-17-15(3-1)19-11-6-14(7-12-19)18-13-4-9-16-10-5-13/h1-3,8,13-14,16,18H,4-7,9-12H2. The molecular weight excluding hydrogens is 236 g/mol. The molecule has 19 heavy (non-hydrogen) atoms. The molecule has 2 fully saturated rings. The van der Waals surface area contributed by atoms with E-state index < -0.39 is 0 Å². The zero-order valence-electron chi connectivity index (χ0n) is 11.5. The molecule has 0 aromatic carbocycles. The number of piperidine rings is 2. The Morgan fingerprint density at radius 3 is 2.47 bits per heavy atom. The first kappa shape index (κ1) is 12.9. The molecule has 0 spiro atoms. The van der Waals surface area contributed by atoms with Crippen LogP contribution in [0.5, 0.6) is 0 Å². The predicted octanol–water partition coefficient (Wildman–Crippen LogP) is 1.39. The number of nitrogens with one attached hydrogen (secondary N) is 2. The first-order valence-corrected chi connectivity index (χ1v) is 7.54. The molecule has 2 N–H and O–H groups in total. The van der Waals surface area contributed by atoms with Crippen molar-refractivity contribution >= 4 is 5.82 Å². The highest BCUT2D eigenvalue weighted by molar-refractivity contribution is 5.38. The van der Waals surface area contributed by atoms with Gasteiger partial charge >= 0.3 is 0 Å². The van der Waals surface area contributed by atoms with E-state index in [0.717, 1.165) is 24.9 Å². The van der Waals surface area contributed by atoms with E-state index in [1.807, 2.05) is 12.3 Å². The van der Waals surface area contributed by atoms with Gasteiger partial charge in [-0.3, -0.25) is 0 Å². The van der Waals surface area contributed by atoms with Gasteiger partial charge in [-0.2, -0.15) is 0 Å². The summed E-state index contributed by atoms with van der Waals surface area (Å²) in [6.07, 6.45) is 6.91. The van der Waals surface area contributed by atoms with Gasteiger partial charge in [0.2, 0.25) is 0 Å². The maximum atomic E-state index is 4.44. The number of aromatic nitrogens is 1. The smallest absolute Gasteiger partial charge is 0.128 e. The molecule has 2 aliphatic heterocycles. The molecule has 0 amide bonds. The Labute approximate surface area is 115 Å². The number of pyridine rings is 1. The molecule has 1 aromatic heterocycles. The lowest BCUT2D eigenvalue weighted by Gasteiger charge is -2.36. The van der Waals surface area contributed by atoms with Gasteiger partial charge in [0, 0.05) is 31.4 Å². The minimum absolute atomic E-state index is 0.697. The van der Waals surface area contributed by atoms with Crippen molar-refractivity contribution in [2.24, 2.45) is 0 Å². The van der Waals surface area contributed by atoms with Gasteiger partial charge in [0.15, 0.2) is 0 Å². The summed E-state index contributed by atoms with van der Waals surface area (Å²) in [6, 6.07) is 7.59. The van der Waals surface area contributed by atoms with E-state index in [1.165, 1.54) is 38.8 Å². The fourth-order valence-electron chi connectivity index (χ4n) is 3.14. The van der Waals surface area contributed by atoms with Crippen LogP contribution in [0.15, 0.2) is 24.4 Å². The molecule has 3 rings (SSSR count). The summed E-state index contributed by atoms with van der Waals surface area (Å²) in [5, 5.41) is 7.27. The van der Waals surface area contributed by atoms with Crippen molar-refractivity contribution in [3.8, 4) is 0 Å². The zero-order valence-corrected chi connectivity index (χ0v) is 11.5. The number of anilines is 1. The van der Waals surface area contributed by atoms with Crippen LogP contribution in [0.1, 0.15) is 25.7 Å². The molecule has 2 saturated heterocycles. The molecule has 0 aliphatic carbocycles. The van der Waals surface area contributed by atoms with E-state index in [4.69, 9.17) is 0 Å². The van der Waals surface area contributed by atoms with Gasteiger partial charge in [-0.05, 0) is 50.9 Å². The molecule has 104 valence electrons. The molecule has 0 atom stereocenters. The molecule has 1 aromatic rings. The Hall–Kier alpha value is -1.13. The normalized spacial score (nSPS) is 22.6. The lowest BCUT2D eigenvalue weighted by Crippen LogP contribution is -2.49. The van der Waals surface area contributed by atoms with Crippen LogP contribution < -0.4 is 15.5 Å². The summed E-state index contributed by atoms with van der Waals surface area (Å²) in [4.78, 5) is 6.84. The molecule has 4 nitrogen and oxygen atoms in total. The number of rotatable bonds is 3. The lowest BCUT2D eigenvalue weighted by molar-refractivity contribution is 0.315. The summed E-state index contributed by atoms with van der Waals surface area (Å²) in [5.74, 6) is 1.13. The van der Waals surface area contributed by atoms with Gasteiger partial charge in [0.05, 0.1) is 0 Å². The van der Waals surface area contributed by atoms with Crippen LogP contribution >= 0.6 is 0 Å².